The van der Waals surface area contributed by atoms with Gasteiger partial charge in [0.2, 0.25) is 17.6 Å². The molecule has 0 amide bonds. The largest absolute Gasteiger partial charge is 0.480 e. The molecule has 19 heavy (non-hydrogen) atoms. The average Bonchev–Trinajstić information content (AvgIpc) is 2.46. The van der Waals surface area contributed by atoms with Gasteiger partial charge < -0.3 is 9.47 Å². The third-order valence-electron chi connectivity index (χ3n) is 2.32. The molecule has 0 aliphatic heterocycles. The van der Waals surface area contributed by atoms with Crippen molar-refractivity contribution in [2.75, 3.05) is 14.2 Å². The Balaban J connectivity index is 2.40. The summed E-state index contributed by atoms with van der Waals surface area (Å²) in [4.78, 5) is 28.1. The molecule has 0 aromatic carbocycles. The maximum absolute atomic E-state index is 12.2. The monoisotopic (exact) mass is 260 g/mol. The third kappa shape index (κ3) is 2.65. The van der Waals surface area contributed by atoms with E-state index in [1.807, 2.05) is 6.92 Å². The van der Waals surface area contributed by atoms with Crippen LogP contribution in [0.15, 0.2) is 18.6 Å². The van der Waals surface area contributed by atoms with Gasteiger partial charge in [0.25, 0.3) is 5.78 Å². The molecule has 2 rings (SSSR count). The van der Waals surface area contributed by atoms with Gasteiger partial charge in [-0.3, -0.25) is 4.79 Å². The molecule has 0 radical (unpaired) electrons. The highest BCUT2D eigenvalue weighted by Gasteiger charge is 2.20. The smallest absolute Gasteiger partial charge is 0.254 e. The molecule has 7 heteroatoms. The van der Waals surface area contributed by atoms with Gasteiger partial charge in [-0.05, 0) is 12.5 Å². The zero-order chi connectivity index (χ0) is 13.8. The van der Waals surface area contributed by atoms with Crippen molar-refractivity contribution in [2.45, 2.75) is 6.92 Å². The fraction of sp³-hybridized carbons (Fsp3) is 0.250. The molecule has 7 nitrogen and oxygen atoms in total. The van der Waals surface area contributed by atoms with Crippen LogP contribution in [-0.2, 0) is 0 Å². The Bertz CT molecular complexity index is 598. The molecule has 0 saturated heterocycles. The van der Waals surface area contributed by atoms with E-state index in [1.54, 1.807) is 12.4 Å². The Labute approximate surface area is 109 Å². The van der Waals surface area contributed by atoms with Crippen molar-refractivity contribution in [3.63, 3.8) is 0 Å². The summed E-state index contributed by atoms with van der Waals surface area (Å²) in [5.74, 6) is -0.0675. The van der Waals surface area contributed by atoms with Gasteiger partial charge in [0.05, 0.1) is 20.4 Å². The number of nitrogens with zero attached hydrogens (tertiary/aromatic N) is 4. The Morgan fingerprint density at radius 1 is 1.05 bits per heavy atom. The first-order valence-electron chi connectivity index (χ1n) is 5.44. The van der Waals surface area contributed by atoms with Gasteiger partial charge in [-0.25, -0.2) is 15.0 Å². The van der Waals surface area contributed by atoms with E-state index in [-0.39, 0.29) is 23.3 Å². The fourth-order valence-electron chi connectivity index (χ4n) is 1.37. The predicted molar refractivity (Wildman–Crippen MR) is 65.3 cm³/mol. The van der Waals surface area contributed by atoms with Crippen LogP contribution in [0.5, 0.6) is 11.8 Å². The highest BCUT2D eigenvalue weighted by Crippen LogP contribution is 2.18. The second-order valence-corrected chi connectivity index (χ2v) is 3.68. The number of methoxy groups -OCH3 is 2. The molecule has 0 unspecified atom stereocenters. The first-order valence-corrected chi connectivity index (χ1v) is 5.44. The highest BCUT2D eigenvalue weighted by molar-refractivity contribution is 6.06. The van der Waals surface area contributed by atoms with Crippen molar-refractivity contribution < 1.29 is 14.3 Å². The van der Waals surface area contributed by atoms with E-state index in [2.05, 4.69) is 19.9 Å². The summed E-state index contributed by atoms with van der Waals surface area (Å²) in [6.07, 6.45) is 4.46. The summed E-state index contributed by atoms with van der Waals surface area (Å²) in [5.41, 5.74) is 0.913. The Kier molecular flexibility index (Phi) is 3.65. The van der Waals surface area contributed by atoms with Gasteiger partial charge >= 0.3 is 0 Å². The lowest BCUT2D eigenvalue weighted by atomic mass is 10.2. The maximum atomic E-state index is 12.2. The van der Waals surface area contributed by atoms with E-state index in [0.29, 0.717) is 0 Å². The quantitative estimate of drug-likeness (QED) is 0.752. The Morgan fingerprint density at radius 2 is 1.74 bits per heavy atom. The Hall–Kier alpha value is -2.57. The lowest BCUT2D eigenvalue weighted by molar-refractivity contribution is 0.102. The van der Waals surface area contributed by atoms with Gasteiger partial charge in [-0.1, -0.05) is 0 Å². The van der Waals surface area contributed by atoms with Crippen molar-refractivity contribution in [1.82, 2.24) is 19.9 Å². The molecule has 0 atom stereocenters. The van der Waals surface area contributed by atoms with E-state index in [4.69, 9.17) is 9.47 Å². The van der Waals surface area contributed by atoms with E-state index in [0.717, 1.165) is 5.56 Å². The zero-order valence-corrected chi connectivity index (χ0v) is 10.7. The summed E-state index contributed by atoms with van der Waals surface area (Å²) >= 11 is 0. The minimum absolute atomic E-state index is 0.0448. The first kappa shape index (κ1) is 12.9. The van der Waals surface area contributed by atoms with Crippen molar-refractivity contribution >= 4 is 5.78 Å². The number of aromatic nitrogens is 4. The molecule has 2 aromatic rings. The summed E-state index contributed by atoms with van der Waals surface area (Å²) in [5, 5.41) is 0. The van der Waals surface area contributed by atoms with Crippen LogP contribution in [0.1, 0.15) is 21.9 Å². The summed E-state index contributed by atoms with van der Waals surface area (Å²) < 4.78 is 9.94. The van der Waals surface area contributed by atoms with Gasteiger partial charge in [0.1, 0.15) is 0 Å². The number of hydrogen-bond donors (Lipinski definition) is 0. The third-order valence-corrected chi connectivity index (χ3v) is 2.32. The molecule has 2 heterocycles. The molecule has 0 aliphatic carbocycles. The van der Waals surface area contributed by atoms with Crippen molar-refractivity contribution in [2.24, 2.45) is 0 Å². The molecule has 2 aromatic heterocycles. The molecule has 0 saturated carbocycles. The second-order valence-electron chi connectivity index (χ2n) is 3.68. The number of hydrogen-bond acceptors (Lipinski definition) is 7. The number of ether oxygens (including phenoxy) is 2. The van der Waals surface area contributed by atoms with Gasteiger partial charge in [0, 0.05) is 12.4 Å². The van der Waals surface area contributed by atoms with E-state index >= 15 is 0 Å². The van der Waals surface area contributed by atoms with E-state index < -0.39 is 5.78 Å². The van der Waals surface area contributed by atoms with Gasteiger partial charge in [-0.2, -0.15) is 4.98 Å². The molecule has 0 spiro atoms. The van der Waals surface area contributed by atoms with E-state index in [9.17, 15) is 4.79 Å². The predicted octanol–water partition coefficient (Wildman–Crippen LogP) is 0.823. The highest BCUT2D eigenvalue weighted by atomic mass is 16.5. The van der Waals surface area contributed by atoms with Crippen LogP contribution in [0.4, 0.5) is 0 Å². The minimum Gasteiger partial charge on any atom is -0.480 e. The molecule has 0 N–H and O–H groups in total. The number of carbonyl (C=O) groups is 1. The Morgan fingerprint density at radius 3 is 2.32 bits per heavy atom. The van der Waals surface area contributed by atoms with Crippen molar-refractivity contribution in [3.05, 3.63) is 35.7 Å². The molecule has 0 bridgehead atoms. The maximum Gasteiger partial charge on any atom is 0.254 e. The summed E-state index contributed by atoms with van der Waals surface area (Å²) in [7, 11) is 2.85. The number of aryl methyl sites for hydroxylation is 1. The lowest BCUT2D eigenvalue weighted by Crippen LogP contribution is -2.12. The minimum atomic E-state index is -0.452. The van der Waals surface area contributed by atoms with Crippen LogP contribution in [0.2, 0.25) is 0 Å². The van der Waals surface area contributed by atoms with Crippen LogP contribution in [0.3, 0.4) is 0 Å². The molecule has 98 valence electrons. The van der Waals surface area contributed by atoms with Crippen LogP contribution in [0, 0.1) is 6.92 Å². The van der Waals surface area contributed by atoms with Gasteiger partial charge in [-0.15, -0.1) is 0 Å². The standard InChI is InChI=1S/C12H12N4O3/c1-7-4-14-11(15-5-7)10(17)9-12(19-3)16-8(18-2)6-13-9/h4-6H,1-3H3. The molecular weight excluding hydrogens is 248 g/mol. The summed E-state index contributed by atoms with van der Waals surface area (Å²) in [6, 6.07) is 0. The van der Waals surface area contributed by atoms with Crippen LogP contribution in [0.25, 0.3) is 0 Å². The normalized spacial score (nSPS) is 10.1. The zero-order valence-electron chi connectivity index (χ0n) is 10.7. The number of rotatable bonds is 4. The van der Waals surface area contributed by atoms with Crippen molar-refractivity contribution in [3.8, 4) is 11.8 Å². The summed E-state index contributed by atoms with van der Waals surface area (Å²) in [6.45, 7) is 1.84. The topological polar surface area (TPSA) is 87.1 Å². The first-order chi connectivity index (χ1) is 9.15. The van der Waals surface area contributed by atoms with Crippen LogP contribution >= 0.6 is 0 Å². The van der Waals surface area contributed by atoms with Crippen LogP contribution in [-0.4, -0.2) is 39.9 Å². The van der Waals surface area contributed by atoms with Crippen molar-refractivity contribution in [1.29, 1.82) is 0 Å². The van der Waals surface area contributed by atoms with Gasteiger partial charge in [0.15, 0.2) is 5.69 Å². The lowest BCUT2D eigenvalue weighted by Gasteiger charge is -2.06. The number of ketones is 1. The van der Waals surface area contributed by atoms with E-state index in [1.165, 1.54) is 20.4 Å². The molecule has 0 aliphatic rings. The molecular formula is C12H12N4O3. The number of carbonyl (C=O) groups excluding carboxylic acids is 1. The second kappa shape index (κ2) is 5.38. The fourth-order valence-corrected chi connectivity index (χ4v) is 1.37. The van der Waals surface area contributed by atoms with Crippen LogP contribution < -0.4 is 9.47 Å². The SMILES string of the molecule is COc1cnc(C(=O)c2ncc(C)cn2)c(OC)n1. The molecule has 0 fully saturated rings. The average molecular weight is 260 g/mol.